The molecule has 0 bridgehead atoms. The van der Waals surface area contributed by atoms with Gasteiger partial charge in [0.25, 0.3) is 0 Å². The molecular weight excluding hydrogens is 264 g/mol. The lowest BCUT2D eigenvalue weighted by atomic mass is 10.2. The maximum absolute atomic E-state index is 12.3. The first-order chi connectivity index (χ1) is 9.61. The Hall–Kier alpha value is -1.18. The van der Waals surface area contributed by atoms with Crippen molar-refractivity contribution in [1.82, 2.24) is 9.80 Å². The van der Waals surface area contributed by atoms with Gasteiger partial charge in [0.15, 0.2) is 0 Å². The van der Waals surface area contributed by atoms with E-state index in [0.717, 1.165) is 0 Å². The van der Waals surface area contributed by atoms with Crippen LogP contribution in [0.4, 0.5) is 0 Å². The molecule has 2 aliphatic rings. The van der Waals surface area contributed by atoms with Gasteiger partial charge in [0.05, 0.1) is 39.6 Å². The average Bonchev–Trinajstić information content (AvgIpc) is 2.47. The van der Waals surface area contributed by atoms with Gasteiger partial charge in [-0.1, -0.05) is 0 Å². The number of hydrogen-bond acceptors (Lipinski definition) is 6. The largest absolute Gasteiger partial charge is 0.468 e. The smallest absolute Gasteiger partial charge is 0.325 e. The van der Waals surface area contributed by atoms with E-state index in [-0.39, 0.29) is 31.1 Å². The predicted octanol–water partition coefficient (Wildman–Crippen LogP) is -0.892. The molecule has 0 aromatic carbocycles. The summed E-state index contributed by atoms with van der Waals surface area (Å²) in [4.78, 5) is 27.6. The Morgan fingerprint density at radius 2 is 2.10 bits per heavy atom. The zero-order valence-electron chi connectivity index (χ0n) is 12.0. The van der Waals surface area contributed by atoms with Crippen LogP contribution >= 0.6 is 0 Å². The highest BCUT2D eigenvalue weighted by molar-refractivity contribution is 5.81. The summed E-state index contributed by atoms with van der Waals surface area (Å²) < 4.78 is 15.5. The Bertz CT molecular complexity index is 363. The Morgan fingerprint density at radius 1 is 1.30 bits per heavy atom. The second kappa shape index (κ2) is 7.01. The van der Waals surface area contributed by atoms with E-state index in [4.69, 9.17) is 14.2 Å². The van der Waals surface area contributed by atoms with Crippen LogP contribution in [0.3, 0.4) is 0 Å². The Kier molecular flexibility index (Phi) is 5.33. The monoisotopic (exact) mass is 286 g/mol. The zero-order valence-corrected chi connectivity index (χ0v) is 12.0. The summed E-state index contributed by atoms with van der Waals surface area (Å²) in [5, 5.41) is 0. The van der Waals surface area contributed by atoms with Crippen LogP contribution in [-0.2, 0) is 23.8 Å². The Balaban J connectivity index is 1.92. The van der Waals surface area contributed by atoms with Crippen molar-refractivity contribution < 1.29 is 23.8 Å². The minimum Gasteiger partial charge on any atom is -0.468 e. The lowest BCUT2D eigenvalue weighted by Gasteiger charge is -2.36. The highest BCUT2D eigenvalue weighted by Crippen LogP contribution is 2.11. The molecule has 0 N–H and O–H groups in total. The quantitative estimate of drug-likeness (QED) is 0.627. The third-order valence-electron chi connectivity index (χ3n) is 3.64. The molecule has 2 saturated heterocycles. The SMILES string of the molecule is COC(=O)C1COCCN1CC(=O)N1CCOC(C)C1. The summed E-state index contributed by atoms with van der Waals surface area (Å²) in [6.45, 7) is 5.31. The molecule has 2 aliphatic heterocycles. The number of nitrogens with zero attached hydrogens (tertiary/aromatic N) is 2. The van der Waals surface area contributed by atoms with Gasteiger partial charge in [0.2, 0.25) is 5.91 Å². The number of esters is 1. The van der Waals surface area contributed by atoms with Gasteiger partial charge in [-0.3, -0.25) is 14.5 Å². The first-order valence-corrected chi connectivity index (χ1v) is 6.91. The fraction of sp³-hybridized carbons (Fsp3) is 0.846. The third kappa shape index (κ3) is 3.68. The summed E-state index contributed by atoms with van der Waals surface area (Å²) in [6, 6.07) is -0.490. The first kappa shape index (κ1) is 15.2. The van der Waals surface area contributed by atoms with Crippen molar-refractivity contribution in [1.29, 1.82) is 0 Å². The van der Waals surface area contributed by atoms with Crippen LogP contribution in [0.5, 0.6) is 0 Å². The van der Waals surface area contributed by atoms with Crippen LogP contribution in [-0.4, -0.2) is 86.9 Å². The van der Waals surface area contributed by atoms with Crippen LogP contribution in [0.25, 0.3) is 0 Å². The molecule has 2 heterocycles. The van der Waals surface area contributed by atoms with Crippen molar-refractivity contribution in [2.24, 2.45) is 0 Å². The number of carbonyl (C=O) groups is 2. The third-order valence-corrected chi connectivity index (χ3v) is 3.64. The van der Waals surface area contributed by atoms with E-state index in [1.54, 1.807) is 4.90 Å². The van der Waals surface area contributed by atoms with E-state index in [1.807, 2.05) is 11.8 Å². The normalized spacial score (nSPS) is 28.2. The molecule has 114 valence electrons. The number of amides is 1. The molecular formula is C13H22N2O5. The number of ether oxygens (including phenoxy) is 3. The molecule has 0 aromatic rings. The highest BCUT2D eigenvalue weighted by atomic mass is 16.5. The van der Waals surface area contributed by atoms with Crippen molar-refractivity contribution in [2.45, 2.75) is 19.1 Å². The molecule has 7 heteroatoms. The van der Waals surface area contributed by atoms with E-state index in [0.29, 0.717) is 32.8 Å². The average molecular weight is 286 g/mol. The minimum atomic E-state index is -0.490. The van der Waals surface area contributed by atoms with Crippen LogP contribution in [0.15, 0.2) is 0 Å². The molecule has 0 spiro atoms. The number of rotatable bonds is 3. The van der Waals surface area contributed by atoms with Crippen molar-refractivity contribution in [2.75, 3.05) is 53.1 Å². The van der Waals surface area contributed by atoms with Crippen molar-refractivity contribution in [3.63, 3.8) is 0 Å². The van der Waals surface area contributed by atoms with Crippen LogP contribution in [0, 0.1) is 0 Å². The molecule has 7 nitrogen and oxygen atoms in total. The van der Waals surface area contributed by atoms with Gasteiger partial charge in [-0.25, -0.2) is 0 Å². The van der Waals surface area contributed by atoms with Crippen molar-refractivity contribution >= 4 is 11.9 Å². The van der Waals surface area contributed by atoms with Crippen LogP contribution in [0.1, 0.15) is 6.92 Å². The molecule has 0 aliphatic carbocycles. The van der Waals surface area contributed by atoms with Crippen LogP contribution in [0.2, 0.25) is 0 Å². The maximum atomic E-state index is 12.3. The molecule has 2 fully saturated rings. The Labute approximate surface area is 118 Å². The fourth-order valence-corrected chi connectivity index (χ4v) is 2.50. The minimum absolute atomic E-state index is 0.0240. The summed E-state index contributed by atoms with van der Waals surface area (Å²) in [6.07, 6.45) is 0.0637. The lowest BCUT2D eigenvalue weighted by molar-refractivity contribution is -0.156. The lowest BCUT2D eigenvalue weighted by Crippen LogP contribution is -2.55. The predicted molar refractivity (Wildman–Crippen MR) is 70.2 cm³/mol. The van der Waals surface area contributed by atoms with Crippen molar-refractivity contribution in [3.8, 4) is 0 Å². The summed E-state index contributed by atoms with van der Waals surface area (Å²) in [7, 11) is 1.35. The Morgan fingerprint density at radius 3 is 2.80 bits per heavy atom. The van der Waals surface area contributed by atoms with E-state index in [1.165, 1.54) is 7.11 Å². The molecule has 2 unspecified atom stereocenters. The molecule has 2 atom stereocenters. The summed E-state index contributed by atoms with van der Waals surface area (Å²) in [5.74, 6) is -0.330. The second-order valence-corrected chi connectivity index (χ2v) is 5.11. The van der Waals surface area contributed by atoms with E-state index < -0.39 is 6.04 Å². The topological polar surface area (TPSA) is 68.3 Å². The van der Waals surface area contributed by atoms with Gasteiger partial charge in [0, 0.05) is 19.6 Å². The number of methoxy groups -OCH3 is 1. The summed E-state index contributed by atoms with van der Waals surface area (Å²) >= 11 is 0. The molecule has 2 rings (SSSR count). The van der Waals surface area contributed by atoms with Gasteiger partial charge in [0.1, 0.15) is 6.04 Å². The van der Waals surface area contributed by atoms with Gasteiger partial charge >= 0.3 is 5.97 Å². The van der Waals surface area contributed by atoms with E-state index in [9.17, 15) is 9.59 Å². The van der Waals surface area contributed by atoms with Crippen LogP contribution < -0.4 is 0 Å². The second-order valence-electron chi connectivity index (χ2n) is 5.11. The summed E-state index contributed by atoms with van der Waals surface area (Å²) in [5.41, 5.74) is 0. The van der Waals surface area contributed by atoms with Gasteiger partial charge in [-0.15, -0.1) is 0 Å². The molecule has 20 heavy (non-hydrogen) atoms. The van der Waals surface area contributed by atoms with Gasteiger partial charge in [-0.2, -0.15) is 0 Å². The van der Waals surface area contributed by atoms with Gasteiger partial charge < -0.3 is 19.1 Å². The number of carbonyl (C=O) groups excluding carboxylic acids is 2. The number of morpholine rings is 2. The van der Waals surface area contributed by atoms with E-state index >= 15 is 0 Å². The van der Waals surface area contributed by atoms with Crippen molar-refractivity contribution in [3.05, 3.63) is 0 Å². The zero-order chi connectivity index (χ0) is 14.5. The van der Waals surface area contributed by atoms with E-state index in [2.05, 4.69) is 0 Å². The molecule has 0 saturated carbocycles. The fourth-order valence-electron chi connectivity index (χ4n) is 2.50. The highest BCUT2D eigenvalue weighted by Gasteiger charge is 2.33. The standard InChI is InChI=1S/C13H22N2O5/c1-10-7-15(4-6-20-10)12(16)8-14-3-5-19-9-11(14)13(17)18-2/h10-11H,3-9H2,1-2H3. The molecule has 1 amide bonds. The first-order valence-electron chi connectivity index (χ1n) is 6.91. The molecule has 0 aromatic heterocycles. The maximum Gasteiger partial charge on any atom is 0.325 e. The molecule has 0 radical (unpaired) electrons. The van der Waals surface area contributed by atoms with Gasteiger partial charge in [-0.05, 0) is 6.92 Å². The number of hydrogen-bond donors (Lipinski definition) is 0.